The normalized spacial score (nSPS) is 10.6. The number of nitrogens with zero attached hydrogens (tertiary/aromatic N) is 1. The largest absolute Gasteiger partial charge is 0.493 e. The van der Waals surface area contributed by atoms with E-state index in [4.69, 9.17) is 9.47 Å². The zero-order valence-corrected chi connectivity index (χ0v) is 12.6. The van der Waals surface area contributed by atoms with Crippen LogP contribution in [0.3, 0.4) is 0 Å². The van der Waals surface area contributed by atoms with Crippen LogP contribution in [0.15, 0.2) is 40.8 Å². The Kier molecular flexibility index (Phi) is 5.34. The molecule has 1 amide bonds. The van der Waals surface area contributed by atoms with Gasteiger partial charge in [0, 0.05) is 4.88 Å². The van der Waals surface area contributed by atoms with Gasteiger partial charge in [-0.25, -0.2) is 5.43 Å². The number of thiophene rings is 1. The number of hydrazone groups is 1. The molecule has 0 aliphatic carbocycles. The molecule has 5 nitrogen and oxygen atoms in total. The van der Waals surface area contributed by atoms with E-state index in [1.54, 1.807) is 43.9 Å². The minimum Gasteiger partial charge on any atom is -0.493 e. The summed E-state index contributed by atoms with van der Waals surface area (Å²) in [5, 5.41) is 5.88. The van der Waals surface area contributed by atoms with Crippen molar-refractivity contribution in [2.45, 2.75) is 6.42 Å². The molecule has 21 heavy (non-hydrogen) atoms. The molecule has 0 bridgehead atoms. The van der Waals surface area contributed by atoms with Crippen molar-refractivity contribution in [2.24, 2.45) is 5.10 Å². The number of carbonyl (C=O) groups excluding carboxylic acids is 1. The Morgan fingerprint density at radius 1 is 1.29 bits per heavy atom. The van der Waals surface area contributed by atoms with Crippen molar-refractivity contribution in [3.63, 3.8) is 0 Å². The summed E-state index contributed by atoms with van der Waals surface area (Å²) in [6.45, 7) is 0. The van der Waals surface area contributed by atoms with Gasteiger partial charge in [-0.3, -0.25) is 4.79 Å². The molecule has 1 N–H and O–H groups in total. The Bertz CT molecular complexity index is 624. The van der Waals surface area contributed by atoms with Gasteiger partial charge in [-0.1, -0.05) is 6.07 Å². The van der Waals surface area contributed by atoms with Crippen LogP contribution < -0.4 is 14.9 Å². The number of ether oxygens (including phenoxy) is 2. The molecule has 110 valence electrons. The van der Waals surface area contributed by atoms with Gasteiger partial charge < -0.3 is 9.47 Å². The maximum atomic E-state index is 11.7. The third-order valence-electron chi connectivity index (χ3n) is 2.73. The average molecular weight is 304 g/mol. The molecule has 1 heterocycles. The lowest BCUT2D eigenvalue weighted by atomic mass is 10.2. The first-order valence-corrected chi connectivity index (χ1v) is 7.17. The lowest BCUT2D eigenvalue weighted by molar-refractivity contribution is -0.120. The minimum absolute atomic E-state index is 0.144. The predicted octanol–water partition coefficient (Wildman–Crippen LogP) is 2.46. The SMILES string of the molecule is COc1ccc(/C=N\NC(=O)Cc2cccs2)cc1OC. The maximum Gasteiger partial charge on any atom is 0.245 e. The van der Waals surface area contributed by atoms with Crippen LogP contribution in [0.5, 0.6) is 11.5 Å². The fourth-order valence-electron chi connectivity index (χ4n) is 1.72. The summed E-state index contributed by atoms with van der Waals surface area (Å²) in [5.41, 5.74) is 3.31. The molecule has 0 aliphatic heterocycles. The highest BCUT2D eigenvalue weighted by Gasteiger charge is 2.04. The summed E-state index contributed by atoms with van der Waals surface area (Å²) in [7, 11) is 3.15. The zero-order valence-electron chi connectivity index (χ0n) is 11.8. The van der Waals surface area contributed by atoms with E-state index in [0.717, 1.165) is 10.4 Å². The Morgan fingerprint density at radius 2 is 2.10 bits per heavy atom. The van der Waals surface area contributed by atoms with Gasteiger partial charge in [-0.15, -0.1) is 11.3 Å². The summed E-state index contributed by atoms with van der Waals surface area (Å²) in [4.78, 5) is 12.7. The number of hydrogen-bond acceptors (Lipinski definition) is 5. The van der Waals surface area contributed by atoms with E-state index in [0.29, 0.717) is 17.9 Å². The van der Waals surface area contributed by atoms with Crippen molar-refractivity contribution in [3.05, 3.63) is 46.2 Å². The van der Waals surface area contributed by atoms with Crippen molar-refractivity contribution in [1.29, 1.82) is 0 Å². The van der Waals surface area contributed by atoms with Gasteiger partial charge in [-0.2, -0.15) is 5.10 Å². The van der Waals surface area contributed by atoms with E-state index in [1.807, 2.05) is 23.6 Å². The summed E-state index contributed by atoms with van der Waals surface area (Å²) in [6, 6.07) is 9.24. The van der Waals surface area contributed by atoms with Crippen molar-refractivity contribution >= 4 is 23.5 Å². The maximum absolute atomic E-state index is 11.7. The Hall–Kier alpha value is -2.34. The Labute approximate surface area is 127 Å². The fourth-order valence-corrected chi connectivity index (χ4v) is 2.43. The van der Waals surface area contributed by atoms with E-state index >= 15 is 0 Å². The standard InChI is InChI=1S/C15H16N2O3S/c1-19-13-6-5-11(8-14(13)20-2)10-16-17-15(18)9-12-4-3-7-21-12/h3-8,10H,9H2,1-2H3,(H,17,18)/b16-10-. The summed E-state index contributed by atoms with van der Waals surface area (Å²) >= 11 is 1.55. The molecule has 2 aromatic rings. The number of nitrogens with one attached hydrogen (secondary N) is 1. The van der Waals surface area contributed by atoms with Gasteiger partial charge in [0.25, 0.3) is 0 Å². The number of rotatable bonds is 6. The summed E-state index contributed by atoms with van der Waals surface area (Å²) < 4.78 is 10.4. The molecule has 1 aromatic carbocycles. The van der Waals surface area contributed by atoms with Gasteiger partial charge in [0.2, 0.25) is 5.91 Å². The molecule has 2 rings (SSSR count). The molecule has 0 atom stereocenters. The first kappa shape index (κ1) is 15.1. The summed E-state index contributed by atoms with van der Waals surface area (Å²) in [6.07, 6.45) is 1.90. The molecular weight excluding hydrogens is 288 g/mol. The van der Waals surface area contributed by atoms with Crippen LogP contribution in [-0.2, 0) is 11.2 Å². The molecule has 1 aromatic heterocycles. The average Bonchev–Trinajstić information content (AvgIpc) is 2.99. The van der Waals surface area contributed by atoms with Crippen LogP contribution in [0.4, 0.5) is 0 Å². The minimum atomic E-state index is -0.144. The Balaban J connectivity index is 1.93. The van der Waals surface area contributed by atoms with Gasteiger partial charge in [0.05, 0.1) is 26.9 Å². The molecule has 0 saturated heterocycles. The molecule has 0 unspecified atom stereocenters. The smallest absolute Gasteiger partial charge is 0.245 e. The predicted molar refractivity (Wildman–Crippen MR) is 83.3 cm³/mol. The van der Waals surface area contributed by atoms with Gasteiger partial charge in [0.15, 0.2) is 11.5 Å². The van der Waals surface area contributed by atoms with Crippen molar-refractivity contribution < 1.29 is 14.3 Å². The van der Waals surface area contributed by atoms with E-state index in [-0.39, 0.29) is 5.91 Å². The molecule has 0 radical (unpaired) electrons. The van der Waals surface area contributed by atoms with Crippen LogP contribution >= 0.6 is 11.3 Å². The lowest BCUT2D eigenvalue weighted by Crippen LogP contribution is -2.19. The van der Waals surface area contributed by atoms with Crippen LogP contribution in [0, 0.1) is 0 Å². The van der Waals surface area contributed by atoms with Gasteiger partial charge in [0.1, 0.15) is 0 Å². The third-order valence-corrected chi connectivity index (χ3v) is 3.60. The van der Waals surface area contributed by atoms with Crippen molar-refractivity contribution in [1.82, 2.24) is 5.43 Å². The van der Waals surface area contributed by atoms with Crippen LogP contribution in [0.25, 0.3) is 0 Å². The molecule has 0 aliphatic rings. The monoisotopic (exact) mass is 304 g/mol. The van der Waals surface area contributed by atoms with Gasteiger partial charge >= 0.3 is 0 Å². The number of hydrogen-bond donors (Lipinski definition) is 1. The second-order valence-electron chi connectivity index (χ2n) is 4.16. The van der Waals surface area contributed by atoms with Crippen LogP contribution in [0.1, 0.15) is 10.4 Å². The van der Waals surface area contributed by atoms with Gasteiger partial charge in [-0.05, 0) is 35.2 Å². The van der Waals surface area contributed by atoms with Crippen LogP contribution in [0.2, 0.25) is 0 Å². The van der Waals surface area contributed by atoms with Crippen LogP contribution in [-0.4, -0.2) is 26.3 Å². The quantitative estimate of drug-likeness (QED) is 0.659. The van der Waals surface area contributed by atoms with E-state index in [9.17, 15) is 4.79 Å². The van der Waals surface area contributed by atoms with E-state index < -0.39 is 0 Å². The highest BCUT2D eigenvalue weighted by Crippen LogP contribution is 2.26. The number of carbonyl (C=O) groups is 1. The number of amides is 1. The molecular formula is C15H16N2O3S. The molecule has 0 spiro atoms. The molecule has 0 saturated carbocycles. The lowest BCUT2D eigenvalue weighted by Gasteiger charge is -2.07. The third kappa shape index (κ3) is 4.32. The number of methoxy groups -OCH3 is 2. The topological polar surface area (TPSA) is 59.9 Å². The second-order valence-corrected chi connectivity index (χ2v) is 5.20. The second kappa shape index (κ2) is 7.44. The van der Waals surface area contributed by atoms with Crippen molar-refractivity contribution in [3.8, 4) is 11.5 Å². The van der Waals surface area contributed by atoms with E-state index in [2.05, 4.69) is 10.5 Å². The number of benzene rings is 1. The first-order valence-electron chi connectivity index (χ1n) is 6.29. The summed E-state index contributed by atoms with van der Waals surface area (Å²) in [5.74, 6) is 1.12. The van der Waals surface area contributed by atoms with Crippen molar-refractivity contribution in [2.75, 3.05) is 14.2 Å². The highest BCUT2D eigenvalue weighted by molar-refractivity contribution is 7.10. The molecule has 6 heteroatoms. The van der Waals surface area contributed by atoms with E-state index in [1.165, 1.54) is 0 Å². The fraction of sp³-hybridized carbons (Fsp3) is 0.200. The molecule has 0 fully saturated rings. The Morgan fingerprint density at radius 3 is 2.76 bits per heavy atom. The highest BCUT2D eigenvalue weighted by atomic mass is 32.1. The first-order chi connectivity index (χ1) is 10.2. The zero-order chi connectivity index (χ0) is 15.1.